The molecule has 1 amide bonds. The topological polar surface area (TPSA) is 55.6 Å². The summed E-state index contributed by atoms with van der Waals surface area (Å²) in [5, 5.41) is 0. The van der Waals surface area contributed by atoms with E-state index in [-0.39, 0.29) is 12.0 Å². The number of hydrogen-bond donors (Lipinski definition) is 1. The van der Waals surface area contributed by atoms with Crippen LogP contribution in [-0.2, 0) is 4.79 Å². The number of rotatable bonds is 3. The Kier molecular flexibility index (Phi) is 3.52. The number of anilines is 1. The molecule has 1 saturated heterocycles. The predicted octanol–water partition coefficient (Wildman–Crippen LogP) is 1.66. The van der Waals surface area contributed by atoms with Gasteiger partial charge in [-0.05, 0) is 12.1 Å². The zero-order chi connectivity index (χ0) is 12.3. The molecule has 0 bridgehead atoms. The molecule has 1 atom stereocenters. The van der Waals surface area contributed by atoms with E-state index < -0.39 is 0 Å². The number of likely N-dealkylation sites (tertiary alicyclic amines) is 1. The van der Waals surface area contributed by atoms with Crippen LogP contribution < -0.4 is 10.5 Å². The van der Waals surface area contributed by atoms with Crippen molar-refractivity contribution in [3.63, 3.8) is 0 Å². The average Bonchev–Trinajstić information content (AvgIpc) is 2.76. The first kappa shape index (κ1) is 11.8. The van der Waals surface area contributed by atoms with Gasteiger partial charge in [-0.1, -0.05) is 13.0 Å². The molecule has 4 heteroatoms. The number of carbonyl (C=O) groups excluding carboxylic acids is 1. The van der Waals surface area contributed by atoms with Gasteiger partial charge in [0.05, 0.1) is 6.54 Å². The van der Waals surface area contributed by atoms with Crippen molar-refractivity contribution in [1.29, 1.82) is 0 Å². The van der Waals surface area contributed by atoms with Crippen molar-refractivity contribution in [2.75, 3.05) is 18.8 Å². The first-order chi connectivity index (χ1) is 8.19. The number of benzene rings is 1. The van der Waals surface area contributed by atoms with Crippen molar-refractivity contribution in [1.82, 2.24) is 4.90 Å². The van der Waals surface area contributed by atoms with Crippen molar-refractivity contribution < 1.29 is 9.53 Å². The van der Waals surface area contributed by atoms with Crippen LogP contribution in [0.2, 0.25) is 0 Å². The summed E-state index contributed by atoms with van der Waals surface area (Å²) in [4.78, 5) is 13.4. The lowest BCUT2D eigenvalue weighted by Crippen LogP contribution is -2.30. The maximum atomic E-state index is 11.5. The number of carbonyl (C=O) groups is 1. The summed E-state index contributed by atoms with van der Waals surface area (Å²) in [6.07, 6.45) is 1.54. The fraction of sp³-hybridized carbons (Fsp3) is 0.462. The molecule has 1 unspecified atom stereocenters. The smallest absolute Gasteiger partial charge is 0.222 e. The molecule has 92 valence electrons. The van der Waals surface area contributed by atoms with Crippen LogP contribution in [0, 0.1) is 0 Å². The maximum absolute atomic E-state index is 11.5. The second kappa shape index (κ2) is 5.08. The zero-order valence-electron chi connectivity index (χ0n) is 10.1. The fourth-order valence-electron chi connectivity index (χ4n) is 2.05. The lowest BCUT2D eigenvalue weighted by Gasteiger charge is -2.16. The van der Waals surface area contributed by atoms with Gasteiger partial charge < -0.3 is 15.4 Å². The van der Waals surface area contributed by atoms with Crippen LogP contribution >= 0.6 is 0 Å². The van der Waals surface area contributed by atoms with E-state index in [0.29, 0.717) is 18.7 Å². The first-order valence-electron chi connectivity index (χ1n) is 5.99. The molecule has 0 radical (unpaired) electrons. The van der Waals surface area contributed by atoms with Crippen molar-refractivity contribution in [2.24, 2.45) is 0 Å². The average molecular weight is 234 g/mol. The van der Waals surface area contributed by atoms with Gasteiger partial charge in [0.1, 0.15) is 11.9 Å². The summed E-state index contributed by atoms with van der Waals surface area (Å²) >= 11 is 0. The molecule has 1 aromatic rings. The molecule has 1 aliphatic heterocycles. The molecule has 4 nitrogen and oxygen atoms in total. The Bertz CT molecular complexity index is 406. The number of amides is 1. The Morgan fingerprint density at radius 3 is 3.12 bits per heavy atom. The normalized spacial score (nSPS) is 19.4. The highest BCUT2D eigenvalue weighted by Crippen LogP contribution is 2.20. The van der Waals surface area contributed by atoms with Gasteiger partial charge in [-0.15, -0.1) is 0 Å². The summed E-state index contributed by atoms with van der Waals surface area (Å²) in [6, 6.07) is 7.40. The third kappa shape index (κ3) is 2.90. The summed E-state index contributed by atoms with van der Waals surface area (Å²) in [5.74, 6) is 0.976. The van der Waals surface area contributed by atoms with Crippen LogP contribution in [0.3, 0.4) is 0 Å². The third-order valence-electron chi connectivity index (χ3n) is 2.96. The number of nitrogen functional groups attached to an aromatic ring is 1. The predicted molar refractivity (Wildman–Crippen MR) is 66.8 cm³/mol. The minimum absolute atomic E-state index is 0.0901. The summed E-state index contributed by atoms with van der Waals surface area (Å²) < 4.78 is 5.81. The van der Waals surface area contributed by atoms with Crippen molar-refractivity contribution in [3.8, 4) is 5.75 Å². The van der Waals surface area contributed by atoms with E-state index in [2.05, 4.69) is 0 Å². The van der Waals surface area contributed by atoms with Crippen LogP contribution in [0.1, 0.15) is 19.8 Å². The molecule has 17 heavy (non-hydrogen) atoms. The largest absolute Gasteiger partial charge is 0.488 e. The first-order valence-corrected chi connectivity index (χ1v) is 5.99. The van der Waals surface area contributed by atoms with Gasteiger partial charge in [0.2, 0.25) is 5.91 Å². The quantitative estimate of drug-likeness (QED) is 0.809. The minimum atomic E-state index is 0.0901. The molecule has 0 aromatic heterocycles. The van der Waals surface area contributed by atoms with Crippen molar-refractivity contribution >= 4 is 11.6 Å². The molecular weight excluding hydrogens is 216 g/mol. The fourth-order valence-corrected chi connectivity index (χ4v) is 2.05. The third-order valence-corrected chi connectivity index (χ3v) is 2.96. The number of nitrogens with zero attached hydrogens (tertiary/aromatic N) is 1. The standard InChI is InChI=1S/C13H18N2O2/c1-2-13(16)15-7-6-12(9-15)17-11-5-3-4-10(14)8-11/h3-5,8,12H,2,6-7,9,14H2,1H3. The van der Waals surface area contributed by atoms with Gasteiger partial charge >= 0.3 is 0 Å². The van der Waals surface area contributed by atoms with E-state index in [4.69, 9.17) is 10.5 Å². The summed E-state index contributed by atoms with van der Waals surface area (Å²) in [6.45, 7) is 3.36. The van der Waals surface area contributed by atoms with Gasteiger partial charge in [-0.2, -0.15) is 0 Å². The van der Waals surface area contributed by atoms with E-state index in [9.17, 15) is 4.79 Å². The Hall–Kier alpha value is -1.71. The second-order valence-electron chi connectivity index (χ2n) is 4.29. The SMILES string of the molecule is CCC(=O)N1CCC(Oc2cccc(N)c2)C1. The van der Waals surface area contributed by atoms with Crippen LogP contribution in [-0.4, -0.2) is 30.0 Å². The highest BCUT2D eigenvalue weighted by atomic mass is 16.5. The van der Waals surface area contributed by atoms with E-state index >= 15 is 0 Å². The molecule has 1 aromatic carbocycles. The zero-order valence-corrected chi connectivity index (χ0v) is 10.1. The number of hydrogen-bond acceptors (Lipinski definition) is 3. The van der Waals surface area contributed by atoms with Crippen LogP contribution in [0.4, 0.5) is 5.69 Å². The van der Waals surface area contributed by atoms with Gasteiger partial charge in [-0.25, -0.2) is 0 Å². The van der Waals surface area contributed by atoms with Crippen LogP contribution in [0.25, 0.3) is 0 Å². The Morgan fingerprint density at radius 1 is 1.59 bits per heavy atom. The Morgan fingerprint density at radius 2 is 2.41 bits per heavy atom. The van der Waals surface area contributed by atoms with Gasteiger partial charge in [0.25, 0.3) is 0 Å². The highest BCUT2D eigenvalue weighted by Gasteiger charge is 2.26. The molecule has 2 rings (SSSR count). The van der Waals surface area contributed by atoms with E-state index in [1.807, 2.05) is 36.1 Å². The maximum Gasteiger partial charge on any atom is 0.222 e. The van der Waals surface area contributed by atoms with E-state index in [0.717, 1.165) is 18.7 Å². The number of ether oxygens (including phenoxy) is 1. The highest BCUT2D eigenvalue weighted by molar-refractivity contribution is 5.76. The van der Waals surface area contributed by atoms with Crippen molar-refractivity contribution in [2.45, 2.75) is 25.9 Å². The van der Waals surface area contributed by atoms with Crippen molar-refractivity contribution in [3.05, 3.63) is 24.3 Å². The molecule has 1 aliphatic rings. The van der Waals surface area contributed by atoms with Crippen LogP contribution in [0.5, 0.6) is 5.75 Å². The molecule has 0 saturated carbocycles. The summed E-state index contributed by atoms with van der Waals surface area (Å²) in [7, 11) is 0. The monoisotopic (exact) mass is 234 g/mol. The van der Waals surface area contributed by atoms with Gasteiger partial charge in [-0.3, -0.25) is 4.79 Å². The van der Waals surface area contributed by atoms with Crippen LogP contribution in [0.15, 0.2) is 24.3 Å². The molecule has 1 heterocycles. The lowest BCUT2D eigenvalue weighted by molar-refractivity contribution is -0.130. The minimum Gasteiger partial charge on any atom is -0.488 e. The molecule has 0 aliphatic carbocycles. The van der Waals surface area contributed by atoms with E-state index in [1.165, 1.54) is 0 Å². The Balaban J connectivity index is 1.92. The molecule has 1 fully saturated rings. The number of nitrogens with two attached hydrogens (primary N) is 1. The van der Waals surface area contributed by atoms with Gasteiger partial charge in [0, 0.05) is 31.1 Å². The summed E-state index contributed by atoms with van der Waals surface area (Å²) in [5.41, 5.74) is 6.38. The molecule has 0 spiro atoms. The molecular formula is C13H18N2O2. The second-order valence-corrected chi connectivity index (χ2v) is 4.29. The lowest BCUT2D eigenvalue weighted by atomic mass is 10.3. The Labute approximate surface area is 101 Å². The van der Waals surface area contributed by atoms with E-state index in [1.54, 1.807) is 0 Å². The molecule has 2 N–H and O–H groups in total. The van der Waals surface area contributed by atoms with Gasteiger partial charge in [0.15, 0.2) is 0 Å².